The second-order valence-corrected chi connectivity index (χ2v) is 5.75. The van der Waals surface area contributed by atoms with Crippen molar-refractivity contribution in [1.29, 1.82) is 0 Å². The number of carbonyl (C=O) groups is 2. The molecule has 126 valence electrons. The Labute approximate surface area is 139 Å². The zero-order chi connectivity index (χ0) is 17.1. The van der Waals surface area contributed by atoms with Crippen LogP contribution in [0.2, 0.25) is 0 Å². The minimum atomic E-state index is -0.357. The number of amides is 3. The van der Waals surface area contributed by atoms with Gasteiger partial charge in [-0.1, -0.05) is 17.3 Å². The molecule has 0 saturated carbocycles. The van der Waals surface area contributed by atoms with Crippen molar-refractivity contribution in [3.05, 3.63) is 35.7 Å². The summed E-state index contributed by atoms with van der Waals surface area (Å²) in [6.45, 7) is 2.35. The monoisotopic (exact) mass is 329 g/mol. The Morgan fingerprint density at radius 3 is 2.71 bits per heavy atom. The standard InChI is InChI=1S/C16H19N5O3/c1-10(17-2)7-13-19-15(24-20-13)12-5-3-11(4-6-12)9-21-14(22)8-18-16(21)23/h3-6,10,17H,7-9H2,1-2H3,(H,18,23). The lowest BCUT2D eigenvalue weighted by Crippen LogP contribution is -2.30. The van der Waals surface area contributed by atoms with Crippen molar-refractivity contribution in [2.24, 2.45) is 0 Å². The maximum absolute atomic E-state index is 11.6. The van der Waals surface area contributed by atoms with Gasteiger partial charge in [-0.15, -0.1) is 0 Å². The highest BCUT2D eigenvalue weighted by Crippen LogP contribution is 2.19. The Bertz CT molecular complexity index is 724. The predicted molar refractivity (Wildman–Crippen MR) is 85.9 cm³/mol. The third kappa shape index (κ3) is 3.43. The van der Waals surface area contributed by atoms with Crippen molar-refractivity contribution in [2.75, 3.05) is 13.6 Å². The van der Waals surface area contributed by atoms with E-state index in [1.807, 2.05) is 38.2 Å². The van der Waals surface area contributed by atoms with Gasteiger partial charge in [-0.2, -0.15) is 4.98 Å². The summed E-state index contributed by atoms with van der Waals surface area (Å²) in [6, 6.07) is 7.27. The first kappa shape index (κ1) is 16.1. The quantitative estimate of drug-likeness (QED) is 0.765. The van der Waals surface area contributed by atoms with Crippen LogP contribution in [0.1, 0.15) is 18.3 Å². The Kier molecular flexibility index (Phi) is 4.57. The molecule has 0 radical (unpaired) electrons. The predicted octanol–water partition coefficient (Wildman–Crippen LogP) is 0.939. The molecule has 2 heterocycles. The van der Waals surface area contributed by atoms with Crippen LogP contribution in [0.15, 0.2) is 28.8 Å². The fourth-order valence-corrected chi connectivity index (χ4v) is 2.38. The van der Waals surface area contributed by atoms with Gasteiger partial charge in [0, 0.05) is 18.0 Å². The summed E-state index contributed by atoms with van der Waals surface area (Å²) >= 11 is 0. The highest BCUT2D eigenvalue weighted by Gasteiger charge is 2.28. The molecular formula is C16H19N5O3. The molecule has 1 atom stereocenters. The Morgan fingerprint density at radius 2 is 2.08 bits per heavy atom. The van der Waals surface area contributed by atoms with Gasteiger partial charge >= 0.3 is 6.03 Å². The number of imide groups is 1. The fraction of sp³-hybridized carbons (Fsp3) is 0.375. The van der Waals surface area contributed by atoms with Gasteiger partial charge in [0.1, 0.15) is 0 Å². The zero-order valence-corrected chi connectivity index (χ0v) is 13.6. The molecule has 1 aromatic heterocycles. The lowest BCUT2D eigenvalue weighted by atomic mass is 10.1. The molecule has 1 aromatic carbocycles. The number of carbonyl (C=O) groups excluding carboxylic acids is 2. The second kappa shape index (κ2) is 6.79. The van der Waals surface area contributed by atoms with Gasteiger partial charge in [-0.3, -0.25) is 9.69 Å². The van der Waals surface area contributed by atoms with Crippen molar-refractivity contribution >= 4 is 11.9 Å². The van der Waals surface area contributed by atoms with Crippen LogP contribution in [0.4, 0.5) is 4.79 Å². The van der Waals surface area contributed by atoms with E-state index in [0.29, 0.717) is 18.1 Å². The first-order valence-corrected chi connectivity index (χ1v) is 7.74. The topological polar surface area (TPSA) is 100 Å². The van der Waals surface area contributed by atoms with E-state index >= 15 is 0 Å². The molecular weight excluding hydrogens is 310 g/mol. The zero-order valence-electron chi connectivity index (χ0n) is 13.6. The van der Waals surface area contributed by atoms with E-state index in [9.17, 15) is 9.59 Å². The first-order chi connectivity index (χ1) is 11.6. The van der Waals surface area contributed by atoms with Gasteiger partial charge in [0.25, 0.3) is 5.89 Å². The molecule has 1 unspecified atom stereocenters. The van der Waals surface area contributed by atoms with Gasteiger partial charge in [0.2, 0.25) is 5.91 Å². The third-order valence-corrected chi connectivity index (χ3v) is 3.93. The van der Waals surface area contributed by atoms with Crippen molar-refractivity contribution in [2.45, 2.75) is 25.9 Å². The summed E-state index contributed by atoms with van der Waals surface area (Å²) in [5, 5.41) is 9.60. The molecule has 2 N–H and O–H groups in total. The number of hydrogen-bond acceptors (Lipinski definition) is 6. The molecule has 3 amide bonds. The summed E-state index contributed by atoms with van der Waals surface area (Å²) < 4.78 is 5.29. The number of hydrogen-bond donors (Lipinski definition) is 2. The third-order valence-electron chi connectivity index (χ3n) is 3.93. The Morgan fingerprint density at radius 1 is 1.33 bits per heavy atom. The van der Waals surface area contributed by atoms with E-state index in [2.05, 4.69) is 20.8 Å². The molecule has 3 rings (SSSR count). The van der Waals surface area contributed by atoms with Crippen LogP contribution in [0.5, 0.6) is 0 Å². The Hall–Kier alpha value is -2.74. The molecule has 1 fully saturated rings. The van der Waals surface area contributed by atoms with Gasteiger partial charge in [0.15, 0.2) is 5.82 Å². The van der Waals surface area contributed by atoms with Gasteiger partial charge < -0.3 is 15.2 Å². The minimum Gasteiger partial charge on any atom is -0.334 e. The molecule has 0 aliphatic carbocycles. The number of aromatic nitrogens is 2. The summed E-state index contributed by atoms with van der Waals surface area (Å²) in [4.78, 5) is 28.7. The molecule has 1 saturated heterocycles. The van der Waals surface area contributed by atoms with Crippen LogP contribution >= 0.6 is 0 Å². The normalized spacial score (nSPS) is 15.7. The fourth-order valence-electron chi connectivity index (χ4n) is 2.38. The molecule has 1 aliphatic heterocycles. The van der Waals surface area contributed by atoms with Crippen molar-refractivity contribution in [3.63, 3.8) is 0 Å². The van der Waals surface area contributed by atoms with Crippen LogP contribution in [-0.4, -0.2) is 46.6 Å². The number of nitrogens with one attached hydrogen (secondary N) is 2. The van der Waals surface area contributed by atoms with E-state index in [0.717, 1.165) is 11.1 Å². The van der Waals surface area contributed by atoms with Crippen LogP contribution in [0, 0.1) is 0 Å². The van der Waals surface area contributed by atoms with Crippen LogP contribution in [-0.2, 0) is 17.8 Å². The van der Waals surface area contributed by atoms with Crippen molar-refractivity contribution in [1.82, 2.24) is 25.7 Å². The largest absolute Gasteiger partial charge is 0.334 e. The van der Waals surface area contributed by atoms with Gasteiger partial charge in [0.05, 0.1) is 13.1 Å². The average Bonchev–Trinajstić information content (AvgIpc) is 3.17. The summed E-state index contributed by atoms with van der Waals surface area (Å²) in [7, 11) is 1.88. The van der Waals surface area contributed by atoms with E-state index in [4.69, 9.17) is 4.52 Å². The van der Waals surface area contributed by atoms with Crippen LogP contribution in [0.3, 0.4) is 0 Å². The smallest absolute Gasteiger partial charge is 0.324 e. The second-order valence-electron chi connectivity index (χ2n) is 5.75. The maximum Gasteiger partial charge on any atom is 0.324 e. The molecule has 8 nitrogen and oxygen atoms in total. The van der Waals surface area contributed by atoms with E-state index < -0.39 is 0 Å². The van der Waals surface area contributed by atoms with E-state index in [-0.39, 0.29) is 31.1 Å². The maximum atomic E-state index is 11.6. The SMILES string of the molecule is CNC(C)Cc1noc(-c2ccc(CN3C(=O)CNC3=O)cc2)n1. The van der Waals surface area contributed by atoms with Gasteiger partial charge in [-0.25, -0.2) is 4.79 Å². The molecule has 0 spiro atoms. The number of likely N-dealkylation sites (N-methyl/N-ethyl adjacent to an activating group) is 1. The summed E-state index contributed by atoms with van der Waals surface area (Å²) in [6.07, 6.45) is 0.685. The van der Waals surface area contributed by atoms with E-state index in [1.54, 1.807) is 0 Å². The molecule has 2 aromatic rings. The number of urea groups is 1. The molecule has 8 heteroatoms. The molecule has 24 heavy (non-hydrogen) atoms. The summed E-state index contributed by atoms with van der Waals surface area (Å²) in [5.41, 5.74) is 1.65. The van der Waals surface area contributed by atoms with Crippen molar-refractivity contribution in [3.8, 4) is 11.5 Å². The summed E-state index contributed by atoms with van der Waals surface area (Å²) in [5.74, 6) is 0.884. The lowest BCUT2D eigenvalue weighted by Gasteiger charge is -2.12. The highest BCUT2D eigenvalue weighted by atomic mass is 16.5. The molecule has 1 aliphatic rings. The lowest BCUT2D eigenvalue weighted by molar-refractivity contribution is -0.125. The highest BCUT2D eigenvalue weighted by molar-refractivity contribution is 6.01. The number of benzene rings is 1. The van der Waals surface area contributed by atoms with Gasteiger partial charge in [-0.05, 0) is 31.7 Å². The number of nitrogens with zero attached hydrogens (tertiary/aromatic N) is 3. The van der Waals surface area contributed by atoms with Crippen LogP contribution in [0.25, 0.3) is 11.5 Å². The Balaban J connectivity index is 1.68. The van der Waals surface area contributed by atoms with Crippen molar-refractivity contribution < 1.29 is 14.1 Å². The van der Waals surface area contributed by atoms with E-state index in [1.165, 1.54) is 4.90 Å². The first-order valence-electron chi connectivity index (χ1n) is 7.74. The number of rotatable bonds is 6. The average molecular weight is 329 g/mol. The molecule has 0 bridgehead atoms. The van der Waals surface area contributed by atoms with Crippen LogP contribution < -0.4 is 10.6 Å². The minimum absolute atomic E-state index is 0.0622.